The van der Waals surface area contributed by atoms with Crippen LogP contribution >= 0.6 is 24.8 Å². The van der Waals surface area contributed by atoms with Gasteiger partial charge in [0.1, 0.15) is 5.75 Å². The van der Waals surface area contributed by atoms with Crippen LogP contribution in [0.15, 0.2) is 42.7 Å². The van der Waals surface area contributed by atoms with E-state index < -0.39 is 0 Å². The minimum Gasteiger partial charge on any atom is -0.491 e. The van der Waals surface area contributed by atoms with Crippen molar-refractivity contribution in [3.05, 3.63) is 48.3 Å². The van der Waals surface area contributed by atoms with Crippen molar-refractivity contribution in [2.75, 3.05) is 17.7 Å². The summed E-state index contributed by atoms with van der Waals surface area (Å²) in [5, 5.41) is 3.35. The van der Waals surface area contributed by atoms with Gasteiger partial charge < -0.3 is 15.8 Å². The van der Waals surface area contributed by atoms with Crippen molar-refractivity contribution in [1.82, 2.24) is 4.98 Å². The molecule has 0 aliphatic heterocycles. The molecule has 3 rings (SSSR count). The molecule has 0 amide bonds. The zero-order valence-corrected chi connectivity index (χ0v) is 16.0. The number of aromatic nitrogens is 1. The Morgan fingerprint density at radius 2 is 1.76 bits per heavy atom. The lowest BCUT2D eigenvalue weighted by Gasteiger charge is -2.22. The number of ether oxygens (including phenoxy) is 1. The first-order chi connectivity index (χ1) is 11.3. The van der Waals surface area contributed by atoms with Crippen LogP contribution in [0, 0.1) is 5.92 Å². The first kappa shape index (κ1) is 21.4. The Labute approximate surface area is 162 Å². The molecule has 1 heterocycles. The molecule has 1 fully saturated rings. The number of pyridine rings is 1. The molecule has 1 aromatic carbocycles. The summed E-state index contributed by atoms with van der Waals surface area (Å²) in [6, 6.07) is 9.95. The molecule has 25 heavy (non-hydrogen) atoms. The SMILES string of the molecule is Cl.Cl.Nc1cc(CNc2ccncc2)ccc1OCC1CCCCC1. The predicted molar refractivity (Wildman–Crippen MR) is 109 cm³/mol. The normalized spacial score (nSPS) is 14.1. The summed E-state index contributed by atoms with van der Waals surface area (Å²) in [7, 11) is 0. The van der Waals surface area contributed by atoms with E-state index in [9.17, 15) is 0 Å². The summed E-state index contributed by atoms with van der Waals surface area (Å²) in [5.74, 6) is 1.50. The van der Waals surface area contributed by atoms with Gasteiger partial charge in [-0.2, -0.15) is 0 Å². The lowest BCUT2D eigenvalue weighted by atomic mass is 9.90. The lowest BCUT2D eigenvalue weighted by Crippen LogP contribution is -2.15. The Balaban J connectivity index is 0.00000156. The quantitative estimate of drug-likeness (QED) is 0.682. The van der Waals surface area contributed by atoms with E-state index in [4.69, 9.17) is 10.5 Å². The third kappa shape index (κ3) is 6.63. The molecule has 1 aromatic heterocycles. The third-order valence-corrected chi connectivity index (χ3v) is 4.45. The number of hydrogen-bond acceptors (Lipinski definition) is 4. The predicted octanol–water partition coefficient (Wildman–Crippen LogP) is 5.08. The number of nitrogens with one attached hydrogen (secondary N) is 1. The van der Waals surface area contributed by atoms with Crippen molar-refractivity contribution in [2.24, 2.45) is 5.92 Å². The monoisotopic (exact) mass is 383 g/mol. The molecule has 1 saturated carbocycles. The van der Waals surface area contributed by atoms with E-state index in [2.05, 4.69) is 16.4 Å². The van der Waals surface area contributed by atoms with Gasteiger partial charge in [0.2, 0.25) is 0 Å². The highest BCUT2D eigenvalue weighted by Gasteiger charge is 2.14. The molecule has 0 unspecified atom stereocenters. The number of nitrogens with two attached hydrogens (primary N) is 1. The first-order valence-corrected chi connectivity index (χ1v) is 8.46. The van der Waals surface area contributed by atoms with Crippen LogP contribution in [-0.2, 0) is 6.54 Å². The van der Waals surface area contributed by atoms with Crippen LogP contribution in [0.1, 0.15) is 37.7 Å². The maximum Gasteiger partial charge on any atom is 0.142 e. The zero-order valence-electron chi connectivity index (χ0n) is 14.3. The van der Waals surface area contributed by atoms with E-state index in [1.807, 2.05) is 24.3 Å². The molecule has 3 N–H and O–H groups in total. The lowest BCUT2D eigenvalue weighted by molar-refractivity contribution is 0.209. The number of nitrogen functional groups attached to an aromatic ring is 1. The topological polar surface area (TPSA) is 60.2 Å². The van der Waals surface area contributed by atoms with Gasteiger partial charge in [-0.25, -0.2) is 0 Å². The largest absolute Gasteiger partial charge is 0.491 e. The molecular weight excluding hydrogens is 357 g/mol. The highest BCUT2D eigenvalue weighted by molar-refractivity contribution is 5.85. The van der Waals surface area contributed by atoms with Crippen molar-refractivity contribution >= 4 is 36.2 Å². The molecule has 0 bridgehead atoms. The second kappa shape index (κ2) is 11.1. The number of benzene rings is 1. The van der Waals surface area contributed by atoms with Gasteiger partial charge in [-0.3, -0.25) is 4.98 Å². The van der Waals surface area contributed by atoms with Crippen LogP contribution in [0.3, 0.4) is 0 Å². The van der Waals surface area contributed by atoms with E-state index in [0.717, 1.165) is 35.8 Å². The van der Waals surface area contributed by atoms with Gasteiger partial charge in [0.05, 0.1) is 12.3 Å². The van der Waals surface area contributed by atoms with Gasteiger partial charge in [-0.1, -0.05) is 25.3 Å². The average Bonchev–Trinajstić information content (AvgIpc) is 2.61. The maximum atomic E-state index is 6.14. The fourth-order valence-corrected chi connectivity index (χ4v) is 3.07. The summed E-state index contributed by atoms with van der Waals surface area (Å²) in [4.78, 5) is 4.01. The van der Waals surface area contributed by atoms with E-state index >= 15 is 0 Å². The molecule has 2 aromatic rings. The second-order valence-electron chi connectivity index (χ2n) is 6.28. The molecule has 0 spiro atoms. The number of anilines is 2. The van der Waals surface area contributed by atoms with Gasteiger partial charge in [-0.05, 0) is 48.6 Å². The van der Waals surface area contributed by atoms with Crippen LogP contribution in [0.4, 0.5) is 11.4 Å². The highest BCUT2D eigenvalue weighted by Crippen LogP contribution is 2.27. The summed E-state index contributed by atoms with van der Waals surface area (Å²) in [5.41, 5.74) is 9.06. The molecule has 0 saturated heterocycles. The standard InChI is InChI=1S/C19H25N3O.2ClH/c20-18-12-16(13-22-17-8-10-21-11-9-17)6-7-19(18)23-14-15-4-2-1-3-5-15;;/h6-12,15H,1-5,13-14,20H2,(H,21,22);2*1H. The molecular formula is C19H27Cl2N3O. The molecule has 6 heteroatoms. The van der Waals surface area contributed by atoms with Gasteiger partial charge in [0, 0.05) is 24.6 Å². The molecule has 1 aliphatic carbocycles. The highest BCUT2D eigenvalue weighted by atomic mass is 35.5. The summed E-state index contributed by atoms with van der Waals surface area (Å²) < 4.78 is 5.94. The minimum atomic E-state index is 0. The van der Waals surface area contributed by atoms with Crippen molar-refractivity contribution in [1.29, 1.82) is 0 Å². The molecule has 4 nitrogen and oxygen atoms in total. The number of rotatable bonds is 6. The fourth-order valence-electron chi connectivity index (χ4n) is 3.07. The molecule has 138 valence electrons. The van der Waals surface area contributed by atoms with Gasteiger partial charge in [0.15, 0.2) is 0 Å². The summed E-state index contributed by atoms with van der Waals surface area (Å²) in [6.45, 7) is 1.52. The van der Waals surface area contributed by atoms with Crippen molar-refractivity contribution in [3.63, 3.8) is 0 Å². The fraction of sp³-hybridized carbons (Fsp3) is 0.421. The summed E-state index contributed by atoms with van der Waals surface area (Å²) in [6.07, 6.45) is 10.2. The van der Waals surface area contributed by atoms with E-state index in [1.54, 1.807) is 12.4 Å². The van der Waals surface area contributed by atoms with Crippen LogP contribution in [-0.4, -0.2) is 11.6 Å². The Hall–Kier alpha value is -1.65. The third-order valence-electron chi connectivity index (χ3n) is 4.45. The Morgan fingerprint density at radius 1 is 1.04 bits per heavy atom. The van der Waals surface area contributed by atoms with Crippen molar-refractivity contribution < 1.29 is 4.74 Å². The first-order valence-electron chi connectivity index (χ1n) is 8.46. The number of hydrogen-bond donors (Lipinski definition) is 2. The Bertz CT molecular complexity index is 619. The van der Waals surface area contributed by atoms with Gasteiger partial charge in [-0.15, -0.1) is 24.8 Å². The molecule has 0 radical (unpaired) electrons. The Morgan fingerprint density at radius 3 is 2.44 bits per heavy atom. The van der Waals surface area contributed by atoms with Crippen LogP contribution < -0.4 is 15.8 Å². The maximum absolute atomic E-state index is 6.14. The van der Waals surface area contributed by atoms with Gasteiger partial charge >= 0.3 is 0 Å². The van der Waals surface area contributed by atoms with E-state index in [0.29, 0.717) is 5.92 Å². The van der Waals surface area contributed by atoms with Crippen molar-refractivity contribution in [2.45, 2.75) is 38.6 Å². The van der Waals surface area contributed by atoms with E-state index in [-0.39, 0.29) is 24.8 Å². The molecule has 0 atom stereocenters. The Kier molecular flexibility index (Phi) is 9.46. The van der Waals surface area contributed by atoms with Gasteiger partial charge in [0.25, 0.3) is 0 Å². The second-order valence-corrected chi connectivity index (χ2v) is 6.28. The molecule has 1 aliphatic rings. The van der Waals surface area contributed by atoms with E-state index in [1.165, 1.54) is 32.1 Å². The van der Waals surface area contributed by atoms with Crippen LogP contribution in [0.25, 0.3) is 0 Å². The smallest absolute Gasteiger partial charge is 0.142 e. The van der Waals surface area contributed by atoms with Crippen LogP contribution in [0.2, 0.25) is 0 Å². The number of halogens is 2. The summed E-state index contributed by atoms with van der Waals surface area (Å²) >= 11 is 0. The average molecular weight is 384 g/mol. The van der Waals surface area contributed by atoms with Crippen LogP contribution in [0.5, 0.6) is 5.75 Å². The van der Waals surface area contributed by atoms with Crippen molar-refractivity contribution in [3.8, 4) is 5.75 Å². The minimum absolute atomic E-state index is 0. The zero-order chi connectivity index (χ0) is 15.9. The number of nitrogens with zero attached hydrogens (tertiary/aromatic N) is 1.